The normalized spacial score (nSPS) is 11.5. The zero-order valence-corrected chi connectivity index (χ0v) is 40.6. The average molecular weight is 941 g/mol. The van der Waals surface area contributed by atoms with E-state index >= 15 is 0 Å². The van der Waals surface area contributed by atoms with E-state index in [-0.39, 0.29) is 0 Å². The third-order valence-electron chi connectivity index (χ3n) is 14.9. The molecule has 0 aliphatic carbocycles. The zero-order chi connectivity index (χ0) is 49.0. The molecule has 2 heteroatoms. The third kappa shape index (κ3) is 7.69. The van der Waals surface area contributed by atoms with Gasteiger partial charge in [0.2, 0.25) is 0 Å². The van der Waals surface area contributed by atoms with Gasteiger partial charge in [0.1, 0.15) is 0 Å². The fourth-order valence-corrected chi connectivity index (χ4v) is 11.2. The Bertz CT molecular complexity index is 4390. The molecule has 0 aliphatic rings. The van der Waals surface area contributed by atoms with Gasteiger partial charge in [-0.25, -0.2) is 0 Å². The quantitative estimate of drug-likeness (QED) is 0.136. The summed E-state index contributed by atoms with van der Waals surface area (Å²) in [5.41, 5.74) is 23.9. The zero-order valence-electron chi connectivity index (χ0n) is 40.6. The van der Waals surface area contributed by atoms with Crippen LogP contribution in [0.1, 0.15) is 0 Å². The Labute approximate surface area is 431 Å². The first-order valence-corrected chi connectivity index (χ1v) is 25.5. The van der Waals surface area contributed by atoms with Crippen molar-refractivity contribution < 1.29 is 0 Å². The van der Waals surface area contributed by atoms with Crippen LogP contribution in [0, 0.1) is 0 Å². The van der Waals surface area contributed by atoms with Crippen molar-refractivity contribution in [2.75, 3.05) is 0 Å². The van der Waals surface area contributed by atoms with Crippen molar-refractivity contribution >= 4 is 43.6 Å². The molecule has 0 N–H and O–H groups in total. The van der Waals surface area contributed by atoms with Crippen molar-refractivity contribution in [2.45, 2.75) is 0 Å². The minimum absolute atomic E-state index is 1.14. The van der Waals surface area contributed by atoms with Crippen molar-refractivity contribution in [3.05, 3.63) is 291 Å². The van der Waals surface area contributed by atoms with Gasteiger partial charge in [0.05, 0.1) is 22.1 Å². The number of hydrogen-bond donors (Lipinski definition) is 0. The monoisotopic (exact) mass is 940 g/mol. The van der Waals surface area contributed by atoms with Gasteiger partial charge in [-0.1, -0.05) is 218 Å². The summed E-state index contributed by atoms with van der Waals surface area (Å²) in [7, 11) is 0. The second-order valence-electron chi connectivity index (χ2n) is 19.3. The van der Waals surface area contributed by atoms with E-state index in [1.807, 2.05) is 0 Å². The summed E-state index contributed by atoms with van der Waals surface area (Å²) in [6.07, 6.45) is 0. The summed E-state index contributed by atoms with van der Waals surface area (Å²) in [6.45, 7) is 0. The molecule has 0 radical (unpaired) electrons. The first-order chi connectivity index (χ1) is 36.7. The maximum atomic E-state index is 2.42. The molecule has 0 bridgehead atoms. The Morgan fingerprint density at radius 1 is 0.149 bits per heavy atom. The van der Waals surface area contributed by atoms with Gasteiger partial charge in [0.25, 0.3) is 0 Å². The highest BCUT2D eigenvalue weighted by Gasteiger charge is 2.17. The van der Waals surface area contributed by atoms with Gasteiger partial charge in [-0.05, 0) is 151 Å². The van der Waals surface area contributed by atoms with E-state index in [0.717, 1.165) is 11.4 Å². The van der Waals surface area contributed by atoms with Crippen molar-refractivity contribution in [3.63, 3.8) is 0 Å². The van der Waals surface area contributed by atoms with Crippen molar-refractivity contribution in [3.8, 4) is 89.3 Å². The molecular weight excluding hydrogens is 893 g/mol. The van der Waals surface area contributed by atoms with Gasteiger partial charge in [-0.15, -0.1) is 0 Å². The summed E-state index contributed by atoms with van der Waals surface area (Å²) in [5.74, 6) is 0. The van der Waals surface area contributed by atoms with Crippen LogP contribution in [-0.4, -0.2) is 9.13 Å². The lowest BCUT2D eigenvalue weighted by Crippen LogP contribution is -1.94. The van der Waals surface area contributed by atoms with Gasteiger partial charge >= 0.3 is 0 Å². The fourth-order valence-electron chi connectivity index (χ4n) is 11.2. The SMILES string of the molecule is c1ccc(-c2ccc(-c3cccc(-c4cccc(-c5ccc(-c6cccc(-n7c8ccccc8c8cc(-c9ccc%10c(c9)c9ccccc9n%10-c9cccc(-c%10ccccc%10)c9)ccc87)c6)cc5)c4)c3)cc2)cc1. The molecule has 0 unspecified atom stereocenters. The topological polar surface area (TPSA) is 9.86 Å². The van der Waals surface area contributed by atoms with Crippen LogP contribution in [0.2, 0.25) is 0 Å². The van der Waals surface area contributed by atoms with Gasteiger partial charge < -0.3 is 9.13 Å². The first-order valence-electron chi connectivity index (χ1n) is 25.5. The molecule has 2 heterocycles. The molecule has 2 aromatic heterocycles. The maximum absolute atomic E-state index is 2.42. The van der Waals surface area contributed by atoms with Crippen LogP contribution in [0.25, 0.3) is 133 Å². The second-order valence-corrected chi connectivity index (χ2v) is 19.3. The largest absolute Gasteiger partial charge is 0.309 e. The lowest BCUT2D eigenvalue weighted by molar-refractivity contribution is 1.18. The predicted molar refractivity (Wildman–Crippen MR) is 313 cm³/mol. The number of benzene rings is 12. The highest BCUT2D eigenvalue weighted by molar-refractivity contribution is 6.13. The van der Waals surface area contributed by atoms with Crippen LogP contribution in [0.3, 0.4) is 0 Å². The minimum atomic E-state index is 1.14. The minimum Gasteiger partial charge on any atom is -0.309 e. The molecule has 2 nitrogen and oxygen atoms in total. The lowest BCUT2D eigenvalue weighted by Gasteiger charge is -2.12. The van der Waals surface area contributed by atoms with Gasteiger partial charge in [-0.2, -0.15) is 0 Å². The molecule has 0 fully saturated rings. The molecule has 0 spiro atoms. The van der Waals surface area contributed by atoms with E-state index in [2.05, 4.69) is 300 Å². The Morgan fingerprint density at radius 2 is 0.405 bits per heavy atom. The molecule has 0 saturated carbocycles. The van der Waals surface area contributed by atoms with Gasteiger partial charge in [0.15, 0.2) is 0 Å². The number of hydrogen-bond acceptors (Lipinski definition) is 0. The molecular formula is C72H48N2. The third-order valence-corrected chi connectivity index (χ3v) is 14.9. The van der Waals surface area contributed by atoms with Crippen molar-refractivity contribution in [1.29, 1.82) is 0 Å². The van der Waals surface area contributed by atoms with Gasteiger partial charge in [-0.3, -0.25) is 0 Å². The molecule has 0 amide bonds. The Hall–Kier alpha value is -9.76. The van der Waals surface area contributed by atoms with E-state index in [9.17, 15) is 0 Å². The maximum Gasteiger partial charge on any atom is 0.0541 e. The van der Waals surface area contributed by atoms with Crippen molar-refractivity contribution in [1.82, 2.24) is 9.13 Å². The van der Waals surface area contributed by atoms with Crippen LogP contribution in [0.15, 0.2) is 291 Å². The van der Waals surface area contributed by atoms with Gasteiger partial charge in [0, 0.05) is 32.9 Å². The average Bonchev–Trinajstić information content (AvgIpc) is 4.01. The molecule has 0 atom stereocenters. The van der Waals surface area contributed by atoms with E-state index in [1.165, 1.54) is 122 Å². The highest BCUT2D eigenvalue weighted by Crippen LogP contribution is 2.40. The summed E-state index contributed by atoms with van der Waals surface area (Å²) in [5, 5.41) is 4.96. The van der Waals surface area contributed by atoms with Crippen molar-refractivity contribution in [2.24, 2.45) is 0 Å². The number of para-hydroxylation sites is 2. The predicted octanol–water partition coefficient (Wildman–Crippen LogP) is 19.5. The van der Waals surface area contributed by atoms with E-state index in [1.54, 1.807) is 0 Å². The molecule has 0 aliphatic heterocycles. The highest BCUT2D eigenvalue weighted by atomic mass is 15.0. The fraction of sp³-hybridized carbons (Fsp3) is 0. The molecule has 74 heavy (non-hydrogen) atoms. The van der Waals surface area contributed by atoms with E-state index in [0.29, 0.717) is 0 Å². The molecule has 0 saturated heterocycles. The number of nitrogens with zero attached hydrogens (tertiary/aromatic N) is 2. The number of fused-ring (bicyclic) bond motifs is 6. The van der Waals surface area contributed by atoms with E-state index < -0.39 is 0 Å². The smallest absolute Gasteiger partial charge is 0.0541 e. The summed E-state index contributed by atoms with van der Waals surface area (Å²) in [6, 6.07) is 106. The summed E-state index contributed by atoms with van der Waals surface area (Å²) in [4.78, 5) is 0. The van der Waals surface area contributed by atoms with Crippen LogP contribution in [0.4, 0.5) is 0 Å². The molecule has 346 valence electrons. The first kappa shape index (κ1) is 43.1. The Kier molecular flexibility index (Phi) is 10.6. The number of rotatable bonds is 9. The standard InChI is InChI=1S/C72H48N2/c1-3-15-49(16-4-1)51-31-33-52(34-32-51)55-19-11-21-57(43-55)58-22-12-20-56(44-58)53-35-37-54(38-36-53)60-24-14-26-64(46-60)74-70-30-10-8-28-66(70)68-48-62(40-42-72(68)74)61-39-41-71-67(47-61)65-27-7-9-29-69(65)73(71)63-25-13-23-59(45-63)50-17-5-2-6-18-50/h1-48H. The summed E-state index contributed by atoms with van der Waals surface area (Å²) >= 11 is 0. The lowest BCUT2D eigenvalue weighted by atomic mass is 9.95. The number of aromatic nitrogens is 2. The molecule has 14 rings (SSSR count). The summed E-state index contributed by atoms with van der Waals surface area (Å²) < 4.78 is 4.83. The molecule has 14 aromatic rings. The molecule has 12 aromatic carbocycles. The Morgan fingerprint density at radius 3 is 0.824 bits per heavy atom. The van der Waals surface area contributed by atoms with Crippen LogP contribution in [-0.2, 0) is 0 Å². The van der Waals surface area contributed by atoms with Crippen LogP contribution < -0.4 is 0 Å². The van der Waals surface area contributed by atoms with E-state index in [4.69, 9.17) is 0 Å². The second kappa shape index (κ2) is 18.1. The Balaban J connectivity index is 0.760. The van der Waals surface area contributed by atoms with Crippen LogP contribution >= 0.6 is 0 Å². The van der Waals surface area contributed by atoms with Crippen LogP contribution in [0.5, 0.6) is 0 Å².